The summed E-state index contributed by atoms with van der Waals surface area (Å²) in [5, 5.41) is 0. The van der Waals surface area contributed by atoms with Crippen LogP contribution in [0.5, 0.6) is 0 Å². The van der Waals surface area contributed by atoms with E-state index in [2.05, 4.69) is 102 Å². The van der Waals surface area contributed by atoms with Gasteiger partial charge in [0, 0.05) is 5.57 Å². The minimum atomic E-state index is -5.47. The summed E-state index contributed by atoms with van der Waals surface area (Å²) in [7, 11) is -5.49. The molecule has 2 unspecified atom stereocenters. The maximum absolute atomic E-state index is 12.5. The summed E-state index contributed by atoms with van der Waals surface area (Å²) in [5.74, 6) is -1.32. The molecule has 0 saturated carbocycles. The van der Waals surface area contributed by atoms with Gasteiger partial charge in [0.1, 0.15) is 10.1 Å². The molecule has 0 aliphatic rings. The van der Waals surface area contributed by atoms with Crippen molar-refractivity contribution in [2.45, 2.75) is 33.5 Å². The molecule has 3 rings (SSSR count). The molecular formula is C24H22F2O5S2. The second-order valence-corrected chi connectivity index (χ2v) is 10.1. The molecule has 5 nitrogen and oxygen atoms in total. The highest BCUT2D eigenvalue weighted by Gasteiger charge is 2.30. The van der Waals surface area contributed by atoms with Crippen molar-refractivity contribution in [3.05, 3.63) is 103 Å². The summed E-state index contributed by atoms with van der Waals surface area (Å²) in [5.41, 5.74) is -3.67. The van der Waals surface area contributed by atoms with Crippen molar-refractivity contribution in [3.8, 4) is 0 Å². The second kappa shape index (κ2) is 12.3. The van der Waals surface area contributed by atoms with Crippen LogP contribution in [0.1, 0.15) is 6.92 Å². The number of carbonyl (C=O) groups is 1. The molecule has 0 saturated heterocycles. The Hall–Kier alpha value is -3.01. The van der Waals surface area contributed by atoms with Gasteiger partial charge < -0.3 is 9.29 Å². The summed E-state index contributed by atoms with van der Waals surface area (Å²) in [6.07, 6.45) is -3.14. The van der Waals surface area contributed by atoms with Crippen molar-refractivity contribution in [2.24, 2.45) is 0 Å². The summed E-state index contributed by atoms with van der Waals surface area (Å²) in [6, 6.07) is 32.2. The molecule has 0 bridgehead atoms. The van der Waals surface area contributed by atoms with Gasteiger partial charge >= 0.3 is 5.97 Å². The van der Waals surface area contributed by atoms with Crippen molar-refractivity contribution in [3.63, 3.8) is 0 Å². The molecule has 3 aromatic rings. The van der Waals surface area contributed by atoms with Crippen molar-refractivity contribution in [1.82, 2.24) is 0 Å². The average Bonchev–Trinajstić information content (AvgIpc) is 2.80. The molecule has 0 fully saturated rings. The molecule has 0 aliphatic heterocycles. The van der Waals surface area contributed by atoms with Crippen molar-refractivity contribution in [1.29, 1.82) is 0 Å². The molecule has 0 aliphatic carbocycles. The lowest BCUT2D eigenvalue weighted by Gasteiger charge is -2.16. The average molecular weight is 493 g/mol. The zero-order valence-corrected chi connectivity index (χ0v) is 19.3. The molecule has 33 heavy (non-hydrogen) atoms. The highest BCUT2D eigenvalue weighted by molar-refractivity contribution is 7.97. The molecule has 0 N–H and O–H groups in total. The fourth-order valence-corrected chi connectivity index (χ4v) is 4.89. The van der Waals surface area contributed by atoms with E-state index in [1.54, 1.807) is 0 Å². The number of benzene rings is 3. The molecule has 0 amide bonds. The summed E-state index contributed by atoms with van der Waals surface area (Å²) < 4.78 is 58.3. The Balaban J connectivity index is 0.000000248. The first-order valence-corrected chi connectivity index (χ1v) is 12.3. The van der Waals surface area contributed by atoms with Crippen LogP contribution in [0.15, 0.2) is 118 Å². The lowest BCUT2D eigenvalue weighted by Crippen LogP contribution is -2.31. The van der Waals surface area contributed by atoms with Gasteiger partial charge in [-0.3, -0.25) is 0 Å². The first-order chi connectivity index (χ1) is 15.6. The van der Waals surface area contributed by atoms with Gasteiger partial charge in [-0.1, -0.05) is 61.2 Å². The van der Waals surface area contributed by atoms with Gasteiger partial charge in [0.2, 0.25) is 0 Å². The van der Waals surface area contributed by atoms with E-state index in [1.807, 2.05) is 0 Å². The van der Waals surface area contributed by atoms with Gasteiger partial charge in [-0.05, 0) is 43.3 Å². The van der Waals surface area contributed by atoms with Crippen LogP contribution in [0.25, 0.3) is 0 Å². The van der Waals surface area contributed by atoms with Crippen molar-refractivity contribution in [2.75, 3.05) is 0 Å². The van der Waals surface area contributed by atoms with Gasteiger partial charge in [0.15, 0.2) is 14.7 Å². The maximum atomic E-state index is 12.5. The first-order valence-electron chi connectivity index (χ1n) is 9.60. The van der Waals surface area contributed by atoms with E-state index in [0.717, 1.165) is 6.92 Å². The van der Waals surface area contributed by atoms with Crippen molar-refractivity contribution >= 4 is 27.0 Å². The third kappa shape index (κ3) is 8.12. The zero-order chi connectivity index (χ0) is 24.4. The largest absolute Gasteiger partial charge is 0.746 e. The predicted octanol–water partition coefficient (Wildman–Crippen LogP) is 5.02. The Morgan fingerprint density at radius 2 is 1.18 bits per heavy atom. The Kier molecular flexibility index (Phi) is 9.77. The zero-order valence-electron chi connectivity index (χ0n) is 17.6. The SMILES string of the molecule is C=C(C)C(=O)OC(F)C(F)S(=O)(=O)[O-].c1ccc([S+](c2ccccc2)c2ccccc2)cc1. The fraction of sp³-hybridized carbons (Fsp3) is 0.125. The van der Waals surface area contributed by atoms with Crippen molar-refractivity contribution < 1.29 is 31.3 Å². The highest BCUT2D eigenvalue weighted by Crippen LogP contribution is 2.30. The van der Waals surface area contributed by atoms with Crippen LogP contribution in [-0.2, 0) is 30.5 Å². The van der Waals surface area contributed by atoms with Gasteiger partial charge in [-0.25, -0.2) is 17.6 Å². The number of hydrogen-bond acceptors (Lipinski definition) is 5. The van der Waals surface area contributed by atoms with Crippen LogP contribution in [-0.4, -0.2) is 30.8 Å². The normalized spacial score (nSPS) is 12.8. The monoisotopic (exact) mass is 492 g/mol. The van der Waals surface area contributed by atoms with Gasteiger partial charge in [0.05, 0.1) is 10.9 Å². The van der Waals surface area contributed by atoms with Crippen LogP contribution in [0, 0.1) is 0 Å². The second-order valence-electron chi connectivity index (χ2n) is 6.63. The molecule has 0 spiro atoms. The summed E-state index contributed by atoms with van der Waals surface area (Å²) in [4.78, 5) is 14.6. The third-order valence-electron chi connectivity index (χ3n) is 3.99. The summed E-state index contributed by atoms with van der Waals surface area (Å²) in [6.45, 7) is 4.19. The number of carbonyl (C=O) groups excluding carboxylic acids is 1. The molecular weight excluding hydrogens is 470 g/mol. The van der Waals surface area contributed by atoms with Crippen LogP contribution in [0.2, 0.25) is 0 Å². The lowest BCUT2D eigenvalue weighted by atomic mass is 10.4. The van der Waals surface area contributed by atoms with Gasteiger partial charge in [-0.2, -0.15) is 4.39 Å². The molecule has 0 aromatic heterocycles. The van der Waals surface area contributed by atoms with Gasteiger partial charge in [-0.15, -0.1) is 0 Å². The molecule has 0 radical (unpaired) electrons. The molecule has 3 aromatic carbocycles. The quantitative estimate of drug-likeness (QED) is 0.200. The van der Waals surface area contributed by atoms with E-state index in [1.165, 1.54) is 14.7 Å². The van der Waals surface area contributed by atoms with E-state index in [9.17, 15) is 26.5 Å². The van der Waals surface area contributed by atoms with E-state index in [0.29, 0.717) is 0 Å². The Morgan fingerprint density at radius 3 is 1.45 bits per heavy atom. The lowest BCUT2D eigenvalue weighted by molar-refractivity contribution is -0.156. The molecule has 0 heterocycles. The maximum Gasteiger partial charge on any atom is 0.335 e. The van der Waals surface area contributed by atoms with Crippen LogP contribution in [0.4, 0.5) is 8.78 Å². The van der Waals surface area contributed by atoms with Crippen LogP contribution >= 0.6 is 0 Å². The number of ether oxygens (including phenoxy) is 1. The van der Waals surface area contributed by atoms with E-state index < -0.39 is 27.9 Å². The highest BCUT2D eigenvalue weighted by atomic mass is 32.2. The number of esters is 1. The third-order valence-corrected chi connectivity index (χ3v) is 6.98. The number of rotatable bonds is 7. The minimum Gasteiger partial charge on any atom is -0.746 e. The van der Waals surface area contributed by atoms with Gasteiger partial charge in [0.25, 0.3) is 11.9 Å². The smallest absolute Gasteiger partial charge is 0.335 e. The molecule has 174 valence electrons. The van der Waals surface area contributed by atoms with E-state index in [-0.39, 0.29) is 16.5 Å². The fourth-order valence-electron chi connectivity index (χ4n) is 2.47. The number of hydrogen-bond donors (Lipinski definition) is 0. The Morgan fingerprint density at radius 1 is 0.848 bits per heavy atom. The Labute approximate surface area is 194 Å². The molecule has 2 atom stereocenters. The predicted molar refractivity (Wildman–Crippen MR) is 122 cm³/mol. The number of halogens is 2. The van der Waals surface area contributed by atoms with E-state index >= 15 is 0 Å². The van der Waals surface area contributed by atoms with E-state index in [4.69, 9.17) is 0 Å². The topological polar surface area (TPSA) is 83.5 Å². The standard InChI is InChI=1S/C18H15S.C6H8F2O5S/c1-4-10-16(11-5-1)19(17-12-6-2-7-13-17)18-14-8-3-9-15-18;1-3(2)6(9)13-4(7)5(8)14(10,11)12/h1-15H;4-5H,1H2,2H3,(H,10,11,12)/q+1;/p-1. The summed E-state index contributed by atoms with van der Waals surface area (Å²) >= 11 is 0. The molecule has 9 heteroatoms. The number of alkyl halides is 2. The first kappa shape index (κ1) is 26.2. The van der Waals surface area contributed by atoms with Crippen LogP contribution < -0.4 is 0 Å². The minimum absolute atomic E-state index is 0.0146. The van der Waals surface area contributed by atoms with Crippen LogP contribution in [0.3, 0.4) is 0 Å². The Bertz CT molecular complexity index is 1050.